The quantitative estimate of drug-likeness (QED) is 0.804. The summed E-state index contributed by atoms with van der Waals surface area (Å²) in [4.78, 5) is 2.13. The first-order valence-electron chi connectivity index (χ1n) is 5.98. The number of rotatable bonds is 3. The summed E-state index contributed by atoms with van der Waals surface area (Å²) in [5, 5.41) is 0. The van der Waals surface area contributed by atoms with E-state index in [1.807, 2.05) is 7.05 Å². The third-order valence-corrected chi connectivity index (χ3v) is 5.01. The third-order valence-electron chi connectivity index (χ3n) is 3.16. The van der Waals surface area contributed by atoms with Gasteiger partial charge in [-0.25, -0.2) is 8.42 Å². The van der Waals surface area contributed by atoms with Crippen LogP contribution in [0.15, 0.2) is 24.3 Å². The topological polar surface area (TPSA) is 66.6 Å². The van der Waals surface area contributed by atoms with Crippen molar-refractivity contribution in [2.75, 3.05) is 39.0 Å². The van der Waals surface area contributed by atoms with Gasteiger partial charge in [0.2, 0.25) is 10.0 Å². The maximum atomic E-state index is 12.2. The second kappa shape index (κ2) is 5.26. The fraction of sp³-hybridized carbons (Fsp3) is 0.500. The number of nitrogens with two attached hydrogens (primary N) is 1. The molecule has 5 nitrogen and oxygen atoms in total. The molecular formula is C12H19N3O2S. The first-order chi connectivity index (χ1) is 8.47. The highest BCUT2D eigenvalue weighted by Crippen LogP contribution is 2.15. The van der Waals surface area contributed by atoms with E-state index in [1.165, 1.54) is 0 Å². The van der Waals surface area contributed by atoms with Gasteiger partial charge in [0.15, 0.2) is 0 Å². The van der Waals surface area contributed by atoms with Crippen LogP contribution in [0, 0.1) is 0 Å². The standard InChI is InChI=1S/C12H19N3O2S/c1-14-5-7-15(8-6-14)18(16,17)10-11-3-2-4-12(13)9-11/h2-4,9H,5-8,10,13H2,1H3. The molecule has 18 heavy (non-hydrogen) atoms. The Morgan fingerprint density at radius 2 is 1.89 bits per heavy atom. The van der Waals surface area contributed by atoms with E-state index in [-0.39, 0.29) is 5.75 Å². The van der Waals surface area contributed by atoms with Gasteiger partial charge >= 0.3 is 0 Å². The molecule has 0 aromatic heterocycles. The van der Waals surface area contributed by atoms with Crippen LogP contribution in [0.3, 0.4) is 0 Å². The Kier molecular flexibility index (Phi) is 3.89. The molecule has 1 aliphatic rings. The van der Waals surface area contributed by atoms with Crippen molar-refractivity contribution < 1.29 is 8.42 Å². The van der Waals surface area contributed by atoms with Crippen molar-refractivity contribution in [3.63, 3.8) is 0 Å². The summed E-state index contributed by atoms with van der Waals surface area (Å²) in [6.45, 7) is 2.72. The monoisotopic (exact) mass is 269 g/mol. The first kappa shape index (κ1) is 13.3. The van der Waals surface area contributed by atoms with Gasteiger partial charge in [0, 0.05) is 31.9 Å². The van der Waals surface area contributed by atoms with E-state index in [4.69, 9.17) is 5.73 Å². The zero-order valence-corrected chi connectivity index (χ0v) is 11.4. The number of sulfonamides is 1. The minimum Gasteiger partial charge on any atom is -0.399 e. The molecule has 1 aromatic carbocycles. The molecule has 2 rings (SSSR count). The van der Waals surface area contributed by atoms with Crippen molar-refractivity contribution in [2.45, 2.75) is 5.75 Å². The summed E-state index contributed by atoms with van der Waals surface area (Å²) in [5.41, 5.74) is 7.00. The number of hydrogen-bond acceptors (Lipinski definition) is 4. The average Bonchev–Trinajstić information content (AvgIpc) is 2.29. The molecule has 1 fully saturated rings. The molecule has 1 aliphatic heterocycles. The zero-order valence-electron chi connectivity index (χ0n) is 10.5. The van der Waals surface area contributed by atoms with Crippen molar-refractivity contribution in [3.8, 4) is 0 Å². The smallest absolute Gasteiger partial charge is 0.218 e. The maximum absolute atomic E-state index is 12.2. The summed E-state index contributed by atoms with van der Waals surface area (Å²) in [5.74, 6) is 0.0295. The number of benzene rings is 1. The van der Waals surface area contributed by atoms with Crippen molar-refractivity contribution in [3.05, 3.63) is 29.8 Å². The normalized spacial score (nSPS) is 18.9. The van der Waals surface area contributed by atoms with Crippen LogP contribution in [0.5, 0.6) is 0 Å². The van der Waals surface area contributed by atoms with Crippen LogP contribution in [-0.2, 0) is 15.8 Å². The van der Waals surface area contributed by atoms with E-state index >= 15 is 0 Å². The number of hydrogen-bond donors (Lipinski definition) is 1. The minimum absolute atomic E-state index is 0.0295. The summed E-state index contributed by atoms with van der Waals surface area (Å²) in [7, 11) is -1.22. The van der Waals surface area contributed by atoms with Gasteiger partial charge < -0.3 is 10.6 Å². The van der Waals surface area contributed by atoms with Gasteiger partial charge in [0.25, 0.3) is 0 Å². The molecule has 0 unspecified atom stereocenters. The molecule has 0 spiro atoms. The van der Waals surface area contributed by atoms with Crippen LogP contribution in [-0.4, -0.2) is 50.8 Å². The van der Waals surface area contributed by atoms with Crippen LogP contribution < -0.4 is 5.73 Å². The molecule has 2 N–H and O–H groups in total. The molecule has 1 saturated heterocycles. The fourth-order valence-corrected chi connectivity index (χ4v) is 3.55. The Hall–Kier alpha value is -1.11. The maximum Gasteiger partial charge on any atom is 0.218 e. The van der Waals surface area contributed by atoms with E-state index in [2.05, 4.69) is 4.90 Å². The van der Waals surface area contributed by atoms with E-state index in [0.29, 0.717) is 18.8 Å². The van der Waals surface area contributed by atoms with Crippen LogP contribution in [0.2, 0.25) is 0 Å². The lowest BCUT2D eigenvalue weighted by Gasteiger charge is -2.31. The molecule has 1 aromatic rings. The molecule has 0 saturated carbocycles. The molecule has 0 bridgehead atoms. The number of piperazine rings is 1. The highest BCUT2D eigenvalue weighted by molar-refractivity contribution is 7.88. The lowest BCUT2D eigenvalue weighted by Crippen LogP contribution is -2.47. The largest absolute Gasteiger partial charge is 0.399 e. The van der Waals surface area contributed by atoms with Crippen molar-refractivity contribution in [1.82, 2.24) is 9.21 Å². The Morgan fingerprint density at radius 1 is 1.22 bits per heavy atom. The highest BCUT2D eigenvalue weighted by atomic mass is 32.2. The summed E-state index contributed by atoms with van der Waals surface area (Å²) >= 11 is 0. The number of anilines is 1. The second-order valence-corrected chi connectivity index (χ2v) is 6.67. The van der Waals surface area contributed by atoms with E-state index in [9.17, 15) is 8.42 Å². The predicted octanol–water partition coefficient (Wildman–Crippen LogP) is 0.346. The molecule has 6 heteroatoms. The molecule has 0 atom stereocenters. The van der Waals surface area contributed by atoms with Gasteiger partial charge in [-0.15, -0.1) is 0 Å². The lowest BCUT2D eigenvalue weighted by molar-refractivity contribution is 0.222. The molecule has 0 amide bonds. The van der Waals surface area contributed by atoms with Gasteiger partial charge in [0.1, 0.15) is 0 Å². The zero-order chi connectivity index (χ0) is 13.2. The summed E-state index contributed by atoms with van der Waals surface area (Å²) in [6.07, 6.45) is 0. The summed E-state index contributed by atoms with van der Waals surface area (Å²) < 4.78 is 26.0. The SMILES string of the molecule is CN1CCN(S(=O)(=O)Cc2cccc(N)c2)CC1. The minimum atomic E-state index is -3.23. The van der Waals surface area contributed by atoms with E-state index in [0.717, 1.165) is 18.7 Å². The van der Waals surface area contributed by atoms with Gasteiger partial charge in [-0.05, 0) is 24.7 Å². The fourth-order valence-electron chi connectivity index (χ4n) is 2.05. The number of nitrogen functional groups attached to an aromatic ring is 1. The van der Waals surface area contributed by atoms with E-state index in [1.54, 1.807) is 28.6 Å². The predicted molar refractivity (Wildman–Crippen MR) is 72.5 cm³/mol. The van der Waals surface area contributed by atoms with Crippen LogP contribution in [0.1, 0.15) is 5.56 Å². The Morgan fingerprint density at radius 3 is 2.50 bits per heavy atom. The van der Waals surface area contributed by atoms with Crippen LogP contribution >= 0.6 is 0 Å². The third kappa shape index (κ3) is 3.22. The van der Waals surface area contributed by atoms with E-state index < -0.39 is 10.0 Å². The first-order valence-corrected chi connectivity index (χ1v) is 7.59. The lowest BCUT2D eigenvalue weighted by atomic mass is 10.2. The van der Waals surface area contributed by atoms with Gasteiger partial charge in [-0.3, -0.25) is 0 Å². The van der Waals surface area contributed by atoms with Gasteiger partial charge in [0.05, 0.1) is 5.75 Å². The van der Waals surface area contributed by atoms with Crippen LogP contribution in [0.25, 0.3) is 0 Å². The molecule has 0 radical (unpaired) electrons. The number of likely N-dealkylation sites (N-methyl/N-ethyl adjacent to an activating group) is 1. The van der Waals surface area contributed by atoms with Crippen LogP contribution in [0.4, 0.5) is 5.69 Å². The van der Waals surface area contributed by atoms with Crippen molar-refractivity contribution in [2.24, 2.45) is 0 Å². The average molecular weight is 269 g/mol. The Labute approximate surface area is 108 Å². The molecule has 100 valence electrons. The van der Waals surface area contributed by atoms with Gasteiger partial charge in [-0.1, -0.05) is 12.1 Å². The number of nitrogens with zero attached hydrogens (tertiary/aromatic N) is 2. The molecule has 0 aliphatic carbocycles. The second-order valence-electron chi connectivity index (χ2n) is 4.70. The van der Waals surface area contributed by atoms with Crippen molar-refractivity contribution in [1.29, 1.82) is 0 Å². The molecule has 1 heterocycles. The Bertz CT molecular complexity index is 508. The van der Waals surface area contributed by atoms with Gasteiger partial charge in [-0.2, -0.15) is 4.31 Å². The summed E-state index contributed by atoms with van der Waals surface area (Å²) in [6, 6.07) is 7.05. The van der Waals surface area contributed by atoms with Crippen molar-refractivity contribution >= 4 is 15.7 Å². The Balaban J connectivity index is 2.08. The highest BCUT2D eigenvalue weighted by Gasteiger charge is 2.25. The molecular weight excluding hydrogens is 250 g/mol.